The van der Waals surface area contributed by atoms with Crippen molar-refractivity contribution in [2.45, 2.75) is 39.0 Å². The minimum Gasteiger partial charge on any atom is -0.462 e. The molecule has 1 N–H and O–H groups in total. The first-order valence-corrected chi connectivity index (χ1v) is 10.1. The van der Waals surface area contributed by atoms with Crippen LogP contribution in [0.25, 0.3) is 0 Å². The summed E-state index contributed by atoms with van der Waals surface area (Å²) in [5, 5.41) is 4.33. The molecule has 0 spiro atoms. The largest absolute Gasteiger partial charge is 0.462 e. The van der Waals surface area contributed by atoms with Gasteiger partial charge in [-0.15, -0.1) is 11.3 Å². The molecule has 3 rings (SSSR count). The van der Waals surface area contributed by atoms with Crippen LogP contribution in [-0.2, 0) is 28.8 Å². The zero-order valence-corrected chi connectivity index (χ0v) is 16.7. The quantitative estimate of drug-likeness (QED) is 0.679. The highest BCUT2D eigenvalue weighted by molar-refractivity contribution is 7.17. The Labute approximate surface area is 166 Å². The summed E-state index contributed by atoms with van der Waals surface area (Å²) in [6.07, 6.45) is 3.95. The number of nitrogens with one attached hydrogen (secondary N) is 1. The molecule has 1 aromatic heterocycles. The molecule has 0 aliphatic heterocycles. The minimum atomic E-state index is -0.377. The van der Waals surface area contributed by atoms with Crippen LogP contribution in [0, 0.1) is 0 Å². The molecule has 0 fully saturated rings. The lowest BCUT2D eigenvalue weighted by Crippen LogP contribution is -2.17. The van der Waals surface area contributed by atoms with Gasteiger partial charge in [0.1, 0.15) is 5.00 Å². The van der Waals surface area contributed by atoms with E-state index in [1.54, 1.807) is 25.1 Å². The molecule has 0 bridgehead atoms. The molecule has 1 aliphatic carbocycles. The van der Waals surface area contributed by atoms with Crippen molar-refractivity contribution in [2.24, 2.45) is 0 Å². The maximum Gasteiger partial charge on any atom is 0.341 e. The van der Waals surface area contributed by atoms with Crippen molar-refractivity contribution in [1.82, 2.24) is 0 Å². The van der Waals surface area contributed by atoms with Crippen LogP contribution >= 0.6 is 34.5 Å². The number of amides is 1. The summed E-state index contributed by atoms with van der Waals surface area (Å²) in [6, 6.07) is 5.13. The summed E-state index contributed by atoms with van der Waals surface area (Å²) in [5.74, 6) is -0.637. The van der Waals surface area contributed by atoms with Crippen LogP contribution in [0.4, 0.5) is 5.00 Å². The van der Waals surface area contributed by atoms with E-state index < -0.39 is 0 Å². The van der Waals surface area contributed by atoms with Gasteiger partial charge >= 0.3 is 5.97 Å². The van der Waals surface area contributed by atoms with Crippen molar-refractivity contribution in [1.29, 1.82) is 0 Å². The van der Waals surface area contributed by atoms with Crippen LogP contribution in [0.3, 0.4) is 0 Å². The Morgan fingerprint density at radius 3 is 2.58 bits per heavy atom. The lowest BCUT2D eigenvalue weighted by Gasteiger charge is -2.12. The Bertz CT molecular complexity index is 827. The van der Waals surface area contributed by atoms with Crippen LogP contribution in [0.15, 0.2) is 18.2 Å². The van der Waals surface area contributed by atoms with E-state index in [0.717, 1.165) is 36.1 Å². The van der Waals surface area contributed by atoms with Gasteiger partial charge in [-0.05, 0) is 55.9 Å². The first-order chi connectivity index (χ1) is 12.5. The highest BCUT2D eigenvalue weighted by Gasteiger charge is 2.27. The third kappa shape index (κ3) is 4.05. The fourth-order valence-corrected chi connectivity index (χ4v) is 4.93. The maximum atomic E-state index is 12.6. The minimum absolute atomic E-state index is 0.0450. The van der Waals surface area contributed by atoms with Gasteiger partial charge in [0.2, 0.25) is 5.91 Å². The zero-order valence-electron chi connectivity index (χ0n) is 14.4. The Kier molecular flexibility index (Phi) is 6.22. The molecule has 7 heteroatoms. The number of fused-ring (bicyclic) bond motifs is 1. The molecular weight excluding hydrogens is 393 g/mol. The van der Waals surface area contributed by atoms with Crippen LogP contribution in [0.5, 0.6) is 0 Å². The van der Waals surface area contributed by atoms with Crippen LogP contribution in [-0.4, -0.2) is 18.5 Å². The molecule has 1 heterocycles. The van der Waals surface area contributed by atoms with Crippen molar-refractivity contribution in [2.75, 3.05) is 11.9 Å². The SMILES string of the molecule is CCOC(=O)c1c(NC(=O)Cc2c(Cl)cccc2Cl)sc2c1CCCC2. The second-order valence-corrected chi connectivity index (χ2v) is 7.98. The Balaban J connectivity index is 1.86. The molecule has 1 amide bonds. The first kappa shape index (κ1) is 19.2. The molecule has 0 atom stereocenters. The number of aryl methyl sites for hydroxylation is 1. The number of hydrogen-bond acceptors (Lipinski definition) is 4. The third-order valence-corrected chi connectivity index (χ3v) is 6.22. The van der Waals surface area contributed by atoms with Crippen molar-refractivity contribution in [3.63, 3.8) is 0 Å². The van der Waals surface area contributed by atoms with Crippen LogP contribution in [0.2, 0.25) is 10.0 Å². The van der Waals surface area contributed by atoms with Gasteiger partial charge in [0.05, 0.1) is 18.6 Å². The van der Waals surface area contributed by atoms with Gasteiger partial charge in [0.25, 0.3) is 0 Å². The van der Waals surface area contributed by atoms with Crippen LogP contribution < -0.4 is 5.32 Å². The van der Waals surface area contributed by atoms with Gasteiger partial charge in [-0.25, -0.2) is 4.79 Å². The Morgan fingerprint density at radius 2 is 1.88 bits per heavy atom. The summed E-state index contributed by atoms with van der Waals surface area (Å²) in [7, 11) is 0. The summed E-state index contributed by atoms with van der Waals surface area (Å²) in [4.78, 5) is 26.2. The summed E-state index contributed by atoms with van der Waals surface area (Å²) >= 11 is 13.8. The molecule has 0 radical (unpaired) electrons. The second kappa shape index (κ2) is 8.42. The highest BCUT2D eigenvalue weighted by Crippen LogP contribution is 2.38. The first-order valence-electron chi connectivity index (χ1n) is 8.55. The lowest BCUT2D eigenvalue weighted by molar-refractivity contribution is -0.115. The molecule has 1 aliphatic rings. The molecule has 0 saturated carbocycles. The molecule has 138 valence electrons. The average molecular weight is 412 g/mol. The predicted molar refractivity (Wildman–Crippen MR) is 106 cm³/mol. The number of benzene rings is 1. The number of anilines is 1. The summed E-state index contributed by atoms with van der Waals surface area (Å²) in [5.41, 5.74) is 2.10. The van der Waals surface area contributed by atoms with E-state index >= 15 is 0 Å². The predicted octanol–water partition coefficient (Wildman–Crippen LogP) is 5.29. The van der Waals surface area contributed by atoms with E-state index in [1.165, 1.54) is 11.3 Å². The van der Waals surface area contributed by atoms with Gasteiger partial charge in [0, 0.05) is 14.9 Å². The maximum absolute atomic E-state index is 12.6. The zero-order chi connectivity index (χ0) is 18.7. The Morgan fingerprint density at radius 1 is 1.19 bits per heavy atom. The topological polar surface area (TPSA) is 55.4 Å². The summed E-state index contributed by atoms with van der Waals surface area (Å²) in [6.45, 7) is 2.07. The average Bonchev–Trinajstić information content (AvgIpc) is 2.96. The van der Waals surface area contributed by atoms with Gasteiger partial charge in [0.15, 0.2) is 0 Å². The molecule has 0 unspecified atom stereocenters. The third-order valence-electron chi connectivity index (χ3n) is 4.30. The van der Waals surface area contributed by atoms with E-state index in [0.29, 0.717) is 32.8 Å². The van der Waals surface area contributed by atoms with E-state index in [-0.39, 0.29) is 18.3 Å². The number of halogens is 2. The fourth-order valence-electron chi connectivity index (χ4n) is 3.11. The number of esters is 1. The van der Waals surface area contributed by atoms with Crippen molar-refractivity contribution < 1.29 is 14.3 Å². The number of rotatable bonds is 5. The van der Waals surface area contributed by atoms with E-state index in [4.69, 9.17) is 27.9 Å². The number of carbonyl (C=O) groups is 2. The van der Waals surface area contributed by atoms with E-state index in [1.807, 2.05) is 0 Å². The van der Waals surface area contributed by atoms with Gasteiger partial charge < -0.3 is 10.1 Å². The molecule has 1 aromatic carbocycles. The van der Waals surface area contributed by atoms with Gasteiger partial charge in [-0.1, -0.05) is 29.3 Å². The van der Waals surface area contributed by atoms with Gasteiger partial charge in [-0.2, -0.15) is 0 Å². The van der Waals surface area contributed by atoms with Crippen molar-refractivity contribution in [3.05, 3.63) is 49.8 Å². The van der Waals surface area contributed by atoms with E-state index in [2.05, 4.69) is 5.32 Å². The monoisotopic (exact) mass is 411 g/mol. The second-order valence-electron chi connectivity index (χ2n) is 6.06. The van der Waals surface area contributed by atoms with E-state index in [9.17, 15) is 9.59 Å². The number of thiophene rings is 1. The smallest absolute Gasteiger partial charge is 0.341 e. The number of hydrogen-bond donors (Lipinski definition) is 1. The highest BCUT2D eigenvalue weighted by atomic mass is 35.5. The molecule has 26 heavy (non-hydrogen) atoms. The number of carbonyl (C=O) groups excluding carboxylic acids is 2. The molecule has 4 nitrogen and oxygen atoms in total. The molecular formula is C19H19Cl2NO3S. The van der Waals surface area contributed by atoms with Gasteiger partial charge in [-0.3, -0.25) is 4.79 Å². The van der Waals surface area contributed by atoms with Crippen LogP contribution in [0.1, 0.15) is 46.1 Å². The normalized spacial score (nSPS) is 13.2. The van der Waals surface area contributed by atoms with Crippen molar-refractivity contribution in [3.8, 4) is 0 Å². The molecule has 2 aromatic rings. The van der Waals surface area contributed by atoms with Crippen molar-refractivity contribution >= 4 is 51.4 Å². The number of ether oxygens (including phenoxy) is 1. The lowest BCUT2D eigenvalue weighted by atomic mass is 9.95. The summed E-state index contributed by atoms with van der Waals surface area (Å²) < 4.78 is 5.21. The standard InChI is InChI=1S/C19H19Cl2NO3S/c1-2-25-19(24)17-11-6-3-4-9-15(11)26-18(17)22-16(23)10-12-13(20)7-5-8-14(12)21/h5,7-8H,2-4,6,9-10H2,1H3,(H,22,23). The Hall–Kier alpha value is -1.56. The molecule has 0 saturated heterocycles. The fraction of sp³-hybridized carbons (Fsp3) is 0.368.